The Morgan fingerprint density at radius 3 is 2.29 bits per heavy atom. The molecule has 0 aliphatic carbocycles. The minimum Gasteiger partial charge on any atom is -0.496 e. The second-order valence-corrected chi connectivity index (χ2v) is 5.25. The number of ether oxygens (including phenoxy) is 2. The summed E-state index contributed by atoms with van der Waals surface area (Å²) in [6.45, 7) is 7.91. The van der Waals surface area contributed by atoms with Crippen molar-refractivity contribution >= 4 is 17.7 Å². The fourth-order valence-electron chi connectivity index (χ4n) is 2.42. The van der Waals surface area contributed by atoms with Gasteiger partial charge in [0.05, 0.1) is 19.2 Å². The van der Waals surface area contributed by atoms with Gasteiger partial charge >= 0.3 is 0 Å². The first-order valence-corrected chi connectivity index (χ1v) is 7.05. The lowest BCUT2D eigenvalue weighted by molar-refractivity contribution is 0.393. The van der Waals surface area contributed by atoms with Crippen LogP contribution in [0, 0.1) is 13.8 Å². The lowest BCUT2D eigenvalue weighted by Crippen LogP contribution is -1.96. The summed E-state index contributed by atoms with van der Waals surface area (Å²) in [7, 11) is 3.24. The molecule has 3 heteroatoms. The van der Waals surface area contributed by atoms with Crippen LogP contribution in [0.25, 0.3) is 17.2 Å². The van der Waals surface area contributed by atoms with Crippen LogP contribution in [0.5, 0.6) is 11.5 Å². The fourth-order valence-corrected chi connectivity index (χ4v) is 2.80. The average molecular weight is 303 g/mol. The first kappa shape index (κ1) is 15.5. The molecule has 110 valence electrons. The third kappa shape index (κ3) is 2.77. The van der Waals surface area contributed by atoms with Crippen LogP contribution >= 0.6 is 11.6 Å². The van der Waals surface area contributed by atoms with E-state index < -0.39 is 0 Å². The largest absolute Gasteiger partial charge is 0.496 e. The van der Waals surface area contributed by atoms with E-state index in [1.165, 1.54) is 5.56 Å². The number of aryl methyl sites for hydroxylation is 1. The molecule has 0 amide bonds. The third-order valence-corrected chi connectivity index (χ3v) is 4.05. The second-order valence-electron chi connectivity index (χ2n) is 4.87. The summed E-state index contributed by atoms with van der Waals surface area (Å²) in [5.41, 5.74) is 5.20. The molecule has 21 heavy (non-hydrogen) atoms. The van der Waals surface area contributed by atoms with Gasteiger partial charge < -0.3 is 9.47 Å². The van der Waals surface area contributed by atoms with Crippen molar-refractivity contribution in [2.24, 2.45) is 0 Å². The standard InChI is InChI=1S/C18H19ClO2/c1-6-13-9-14(8-7-11(13)2)17-12(3)15(20-4)10-16(21-5)18(17)19/h6-10H,1H2,2-5H3. The van der Waals surface area contributed by atoms with Crippen molar-refractivity contribution < 1.29 is 9.47 Å². The van der Waals surface area contributed by atoms with Gasteiger partial charge in [0.15, 0.2) is 0 Å². The Kier molecular flexibility index (Phi) is 4.59. The minimum atomic E-state index is 0.592. The highest BCUT2D eigenvalue weighted by Crippen LogP contribution is 2.43. The predicted molar refractivity (Wildman–Crippen MR) is 89.6 cm³/mol. The molecule has 2 aromatic rings. The molecule has 0 heterocycles. The Morgan fingerprint density at radius 1 is 1.05 bits per heavy atom. The van der Waals surface area contributed by atoms with Crippen LogP contribution in [0.2, 0.25) is 5.02 Å². The molecule has 0 spiro atoms. The molecule has 0 unspecified atom stereocenters. The maximum Gasteiger partial charge on any atom is 0.141 e. The molecule has 0 saturated carbocycles. The number of hydrogen-bond acceptors (Lipinski definition) is 2. The van der Waals surface area contributed by atoms with E-state index in [-0.39, 0.29) is 0 Å². The maximum atomic E-state index is 6.51. The zero-order valence-corrected chi connectivity index (χ0v) is 13.5. The highest BCUT2D eigenvalue weighted by molar-refractivity contribution is 6.35. The monoisotopic (exact) mass is 302 g/mol. The van der Waals surface area contributed by atoms with Gasteiger partial charge in [0.2, 0.25) is 0 Å². The van der Waals surface area contributed by atoms with Gasteiger partial charge in [-0.05, 0) is 36.6 Å². The van der Waals surface area contributed by atoms with Gasteiger partial charge in [-0.1, -0.05) is 36.4 Å². The van der Waals surface area contributed by atoms with Gasteiger partial charge in [0, 0.05) is 17.2 Å². The summed E-state index contributed by atoms with van der Waals surface area (Å²) in [6.07, 6.45) is 1.85. The van der Waals surface area contributed by atoms with E-state index in [4.69, 9.17) is 21.1 Å². The minimum absolute atomic E-state index is 0.592. The van der Waals surface area contributed by atoms with Gasteiger partial charge in [-0.15, -0.1) is 0 Å². The van der Waals surface area contributed by atoms with E-state index >= 15 is 0 Å². The van der Waals surface area contributed by atoms with E-state index in [0.717, 1.165) is 28.0 Å². The molecular weight excluding hydrogens is 284 g/mol. The number of benzene rings is 2. The first-order valence-electron chi connectivity index (χ1n) is 6.68. The van der Waals surface area contributed by atoms with Crippen molar-refractivity contribution in [1.29, 1.82) is 0 Å². The topological polar surface area (TPSA) is 18.5 Å². The summed E-state index contributed by atoms with van der Waals surface area (Å²) in [6, 6.07) is 8.00. The molecule has 0 bridgehead atoms. The smallest absolute Gasteiger partial charge is 0.141 e. The molecule has 2 aromatic carbocycles. The number of rotatable bonds is 4. The Balaban J connectivity index is 2.76. The Bertz CT molecular complexity index is 662. The van der Waals surface area contributed by atoms with E-state index in [9.17, 15) is 0 Å². The van der Waals surface area contributed by atoms with Crippen molar-refractivity contribution in [2.75, 3.05) is 14.2 Å². The molecule has 0 aliphatic heterocycles. The van der Waals surface area contributed by atoms with Crippen LogP contribution in [-0.4, -0.2) is 14.2 Å². The summed E-state index contributed by atoms with van der Waals surface area (Å²) in [5.74, 6) is 1.36. The summed E-state index contributed by atoms with van der Waals surface area (Å²) in [5, 5.41) is 0.592. The van der Waals surface area contributed by atoms with E-state index in [0.29, 0.717) is 10.8 Å². The van der Waals surface area contributed by atoms with Crippen molar-refractivity contribution in [2.45, 2.75) is 13.8 Å². The molecule has 2 rings (SSSR count). The van der Waals surface area contributed by atoms with Crippen LogP contribution in [0.3, 0.4) is 0 Å². The zero-order valence-electron chi connectivity index (χ0n) is 12.8. The van der Waals surface area contributed by atoms with E-state index in [1.54, 1.807) is 14.2 Å². The highest BCUT2D eigenvalue weighted by Gasteiger charge is 2.17. The average Bonchev–Trinajstić information content (AvgIpc) is 2.49. The lowest BCUT2D eigenvalue weighted by Gasteiger charge is -2.17. The van der Waals surface area contributed by atoms with E-state index in [2.05, 4.69) is 31.7 Å². The summed E-state index contributed by atoms with van der Waals surface area (Å²) >= 11 is 6.51. The third-order valence-electron chi connectivity index (χ3n) is 3.67. The van der Waals surface area contributed by atoms with Crippen LogP contribution < -0.4 is 9.47 Å². The second kappa shape index (κ2) is 6.23. The molecular formula is C18H19ClO2. The number of halogens is 1. The first-order chi connectivity index (χ1) is 10.0. The number of methoxy groups -OCH3 is 2. The molecule has 0 aliphatic rings. The number of hydrogen-bond donors (Lipinski definition) is 0. The molecule has 0 fully saturated rings. The Hall–Kier alpha value is -1.93. The zero-order chi connectivity index (χ0) is 15.6. The highest BCUT2D eigenvalue weighted by atomic mass is 35.5. The van der Waals surface area contributed by atoms with Crippen LogP contribution in [0.4, 0.5) is 0 Å². The Labute approximate surface area is 131 Å². The van der Waals surface area contributed by atoms with Crippen molar-refractivity contribution in [3.05, 3.63) is 52.6 Å². The summed E-state index contributed by atoms with van der Waals surface area (Å²) in [4.78, 5) is 0. The molecule has 2 nitrogen and oxygen atoms in total. The van der Waals surface area contributed by atoms with Crippen LogP contribution in [0.15, 0.2) is 30.8 Å². The molecule has 0 atom stereocenters. The lowest BCUT2D eigenvalue weighted by atomic mass is 9.95. The summed E-state index contributed by atoms with van der Waals surface area (Å²) < 4.78 is 10.8. The van der Waals surface area contributed by atoms with Crippen LogP contribution in [-0.2, 0) is 0 Å². The van der Waals surface area contributed by atoms with Gasteiger partial charge in [-0.2, -0.15) is 0 Å². The van der Waals surface area contributed by atoms with Gasteiger partial charge in [-0.25, -0.2) is 0 Å². The van der Waals surface area contributed by atoms with Gasteiger partial charge in [0.1, 0.15) is 11.5 Å². The molecule has 0 aromatic heterocycles. The van der Waals surface area contributed by atoms with Gasteiger partial charge in [0.25, 0.3) is 0 Å². The Morgan fingerprint density at radius 2 is 1.71 bits per heavy atom. The normalized spacial score (nSPS) is 10.3. The quantitative estimate of drug-likeness (QED) is 0.764. The van der Waals surface area contributed by atoms with Crippen molar-refractivity contribution in [3.8, 4) is 22.6 Å². The van der Waals surface area contributed by atoms with Crippen LogP contribution in [0.1, 0.15) is 16.7 Å². The predicted octanol–water partition coefficient (Wildman–Crippen LogP) is 5.28. The molecule has 0 N–H and O–H groups in total. The SMILES string of the molecule is C=Cc1cc(-c2c(C)c(OC)cc(OC)c2Cl)ccc1C. The van der Waals surface area contributed by atoms with Gasteiger partial charge in [-0.3, -0.25) is 0 Å². The maximum absolute atomic E-state index is 6.51. The van der Waals surface area contributed by atoms with Crippen molar-refractivity contribution in [1.82, 2.24) is 0 Å². The van der Waals surface area contributed by atoms with E-state index in [1.807, 2.05) is 19.1 Å². The molecule has 0 saturated heterocycles. The van der Waals surface area contributed by atoms with Crippen molar-refractivity contribution in [3.63, 3.8) is 0 Å². The fraction of sp³-hybridized carbons (Fsp3) is 0.222. The molecule has 0 radical (unpaired) electrons.